The number of carbonyl (C=O) groups is 1. The van der Waals surface area contributed by atoms with E-state index in [9.17, 15) is 4.79 Å². The summed E-state index contributed by atoms with van der Waals surface area (Å²) in [6, 6.07) is 24.7. The second-order valence-corrected chi connectivity index (χ2v) is 8.67. The van der Waals surface area contributed by atoms with Crippen molar-refractivity contribution in [1.29, 1.82) is 0 Å². The van der Waals surface area contributed by atoms with Crippen molar-refractivity contribution in [3.8, 4) is 17.0 Å². The number of aliphatic carboxylic acids is 1. The van der Waals surface area contributed by atoms with Crippen LogP contribution in [0.1, 0.15) is 56.7 Å². The molecule has 4 rings (SSSR count). The summed E-state index contributed by atoms with van der Waals surface area (Å²) >= 11 is 0. The van der Waals surface area contributed by atoms with Crippen LogP contribution in [0.25, 0.3) is 22.2 Å². The van der Waals surface area contributed by atoms with Crippen molar-refractivity contribution in [1.82, 2.24) is 9.78 Å². The van der Waals surface area contributed by atoms with E-state index in [2.05, 4.69) is 48.9 Å². The quantitative estimate of drug-likeness (QED) is 0.308. The Morgan fingerprint density at radius 1 is 1.03 bits per heavy atom. The van der Waals surface area contributed by atoms with Crippen molar-refractivity contribution in [2.45, 2.75) is 52.2 Å². The van der Waals surface area contributed by atoms with Gasteiger partial charge in [0, 0.05) is 17.0 Å². The number of carboxylic acids is 1. The Balaban J connectivity index is 1.54. The number of ether oxygens (including phenoxy) is 1. The van der Waals surface area contributed by atoms with E-state index in [1.807, 2.05) is 49.4 Å². The number of benzene rings is 3. The lowest BCUT2D eigenvalue weighted by atomic mass is 9.93. The number of carboxylic acid groups (broad SMARTS) is 1. The Labute approximate surface area is 194 Å². The maximum atomic E-state index is 11.1. The Kier molecular flexibility index (Phi) is 6.78. The van der Waals surface area contributed by atoms with Crippen LogP contribution in [0.3, 0.4) is 0 Å². The summed E-state index contributed by atoms with van der Waals surface area (Å²) in [5, 5.41) is 15.1. The van der Waals surface area contributed by atoms with Gasteiger partial charge in [-0.2, -0.15) is 5.10 Å². The number of hydrogen-bond donors (Lipinski definition) is 1. The van der Waals surface area contributed by atoms with E-state index >= 15 is 0 Å². The molecule has 0 aliphatic heterocycles. The van der Waals surface area contributed by atoms with Gasteiger partial charge in [-0.1, -0.05) is 61.5 Å². The minimum Gasteiger partial charge on any atom is -0.489 e. The molecular formula is C28H30N2O3. The molecule has 0 spiro atoms. The average Bonchev–Trinajstić information content (AvgIpc) is 3.21. The lowest BCUT2D eigenvalue weighted by Crippen LogP contribution is -2.05. The number of nitrogens with zero attached hydrogens (tertiary/aromatic N) is 2. The van der Waals surface area contributed by atoms with E-state index in [0.717, 1.165) is 45.5 Å². The summed E-state index contributed by atoms with van der Waals surface area (Å²) in [4.78, 5) is 11.1. The molecule has 0 radical (unpaired) electrons. The molecule has 1 N–H and O–H groups in total. The van der Waals surface area contributed by atoms with Crippen LogP contribution in [0.5, 0.6) is 5.75 Å². The van der Waals surface area contributed by atoms with Crippen LogP contribution in [0.15, 0.2) is 72.8 Å². The smallest absolute Gasteiger partial charge is 0.303 e. The highest BCUT2D eigenvalue weighted by Crippen LogP contribution is 2.31. The van der Waals surface area contributed by atoms with Crippen LogP contribution < -0.4 is 4.74 Å². The largest absolute Gasteiger partial charge is 0.489 e. The number of aromatic nitrogens is 2. The van der Waals surface area contributed by atoms with Gasteiger partial charge in [-0.25, -0.2) is 0 Å². The summed E-state index contributed by atoms with van der Waals surface area (Å²) < 4.78 is 8.11. The van der Waals surface area contributed by atoms with Crippen molar-refractivity contribution in [3.05, 3.63) is 83.9 Å². The molecule has 4 aromatic rings. The summed E-state index contributed by atoms with van der Waals surface area (Å²) in [6.07, 6.45) is 0.937. The third-order valence-electron chi connectivity index (χ3n) is 5.98. The fourth-order valence-electron chi connectivity index (χ4n) is 4.19. The zero-order valence-electron chi connectivity index (χ0n) is 19.4. The van der Waals surface area contributed by atoms with E-state index in [1.165, 1.54) is 0 Å². The Morgan fingerprint density at radius 3 is 2.39 bits per heavy atom. The van der Waals surface area contributed by atoms with Gasteiger partial charge in [0.25, 0.3) is 0 Å². The molecule has 1 heterocycles. The third kappa shape index (κ3) is 5.08. The molecule has 0 fully saturated rings. The summed E-state index contributed by atoms with van der Waals surface area (Å²) in [5.74, 6) is 0.0223. The van der Waals surface area contributed by atoms with Gasteiger partial charge in [0.05, 0.1) is 11.9 Å². The lowest BCUT2D eigenvalue weighted by Gasteiger charge is -2.14. The first-order valence-electron chi connectivity index (χ1n) is 11.5. The maximum absolute atomic E-state index is 11.1. The first kappa shape index (κ1) is 22.6. The zero-order chi connectivity index (χ0) is 23.4. The second-order valence-electron chi connectivity index (χ2n) is 8.67. The summed E-state index contributed by atoms with van der Waals surface area (Å²) in [7, 11) is 0. The highest BCUT2D eigenvalue weighted by Gasteiger charge is 2.15. The number of hydrogen-bond acceptors (Lipinski definition) is 3. The van der Waals surface area contributed by atoms with E-state index in [0.29, 0.717) is 6.61 Å². The van der Waals surface area contributed by atoms with Crippen LogP contribution in [-0.2, 0) is 11.4 Å². The standard InChI is InChI=1S/C28H30N2O3/c1-4-21(17-27(31)32)22-11-13-24(14-12-22)33-18-20-10-15-25-26(16-20)30(19(2)3)29-28(25)23-8-6-5-7-9-23/h5-16,19,21H,4,17-18H2,1-3H3,(H,31,32). The molecule has 1 unspecified atom stereocenters. The molecular weight excluding hydrogens is 412 g/mol. The SMILES string of the molecule is CCC(CC(=O)O)c1ccc(OCc2ccc3c(-c4ccccc4)nn(C(C)C)c3c2)cc1. The van der Waals surface area contributed by atoms with Crippen LogP contribution in [0.2, 0.25) is 0 Å². The topological polar surface area (TPSA) is 64.3 Å². The van der Waals surface area contributed by atoms with Gasteiger partial charge >= 0.3 is 5.97 Å². The molecule has 0 amide bonds. The number of fused-ring (bicyclic) bond motifs is 1. The molecule has 5 heteroatoms. The normalized spacial score (nSPS) is 12.2. The predicted molar refractivity (Wildman–Crippen MR) is 132 cm³/mol. The molecule has 1 atom stereocenters. The highest BCUT2D eigenvalue weighted by atomic mass is 16.5. The van der Waals surface area contributed by atoms with Gasteiger partial charge in [-0.15, -0.1) is 0 Å². The van der Waals surface area contributed by atoms with Gasteiger partial charge in [-0.05, 0) is 55.5 Å². The Morgan fingerprint density at radius 2 is 1.76 bits per heavy atom. The maximum Gasteiger partial charge on any atom is 0.303 e. The van der Waals surface area contributed by atoms with Gasteiger partial charge in [-0.3, -0.25) is 9.48 Å². The van der Waals surface area contributed by atoms with Crippen LogP contribution in [-0.4, -0.2) is 20.9 Å². The van der Waals surface area contributed by atoms with Crippen molar-refractivity contribution < 1.29 is 14.6 Å². The van der Waals surface area contributed by atoms with Crippen LogP contribution in [0, 0.1) is 0 Å². The molecule has 0 bridgehead atoms. The fraction of sp³-hybridized carbons (Fsp3) is 0.286. The molecule has 170 valence electrons. The lowest BCUT2D eigenvalue weighted by molar-refractivity contribution is -0.137. The first-order chi connectivity index (χ1) is 16.0. The molecule has 0 aliphatic carbocycles. The van der Waals surface area contributed by atoms with E-state index in [-0.39, 0.29) is 18.4 Å². The minimum atomic E-state index is -0.770. The van der Waals surface area contributed by atoms with Crippen LogP contribution in [0.4, 0.5) is 0 Å². The molecule has 3 aromatic carbocycles. The predicted octanol–water partition coefficient (Wildman–Crippen LogP) is 6.83. The van der Waals surface area contributed by atoms with E-state index < -0.39 is 5.97 Å². The molecule has 1 aromatic heterocycles. The molecule has 33 heavy (non-hydrogen) atoms. The van der Waals surface area contributed by atoms with Gasteiger partial charge in [0.1, 0.15) is 18.1 Å². The van der Waals surface area contributed by atoms with Crippen molar-refractivity contribution >= 4 is 16.9 Å². The Hall–Kier alpha value is -3.60. The molecule has 0 aliphatic rings. The third-order valence-corrected chi connectivity index (χ3v) is 5.98. The number of rotatable bonds is 9. The zero-order valence-corrected chi connectivity index (χ0v) is 19.4. The van der Waals surface area contributed by atoms with Crippen LogP contribution >= 0.6 is 0 Å². The fourth-order valence-corrected chi connectivity index (χ4v) is 4.19. The first-order valence-corrected chi connectivity index (χ1v) is 11.5. The van der Waals surface area contributed by atoms with E-state index in [4.69, 9.17) is 14.9 Å². The van der Waals surface area contributed by atoms with Crippen molar-refractivity contribution in [3.63, 3.8) is 0 Å². The van der Waals surface area contributed by atoms with Gasteiger partial charge in [0.2, 0.25) is 0 Å². The summed E-state index contributed by atoms with van der Waals surface area (Å²) in [6.45, 7) is 6.74. The monoisotopic (exact) mass is 442 g/mol. The second kappa shape index (κ2) is 9.90. The molecule has 0 saturated heterocycles. The molecule has 5 nitrogen and oxygen atoms in total. The Bertz CT molecular complexity index is 1230. The van der Waals surface area contributed by atoms with E-state index in [1.54, 1.807) is 0 Å². The average molecular weight is 443 g/mol. The van der Waals surface area contributed by atoms with Gasteiger partial charge in [0.15, 0.2) is 0 Å². The van der Waals surface area contributed by atoms with Crippen molar-refractivity contribution in [2.75, 3.05) is 0 Å². The van der Waals surface area contributed by atoms with Crippen molar-refractivity contribution in [2.24, 2.45) is 0 Å². The summed E-state index contributed by atoms with van der Waals surface area (Å²) in [5.41, 5.74) is 5.31. The highest BCUT2D eigenvalue weighted by molar-refractivity contribution is 5.93. The minimum absolute atomic E-state index is 0.0223. The van der Waals surface area contributed by atoms with Gasteiger partial charge < -0.3 is 9.84 Å². The molecule has 0 saturated carbocycles.